The SMILES string of the molecule is COc1ccc(C2CNC(=O)C2NC(=O)Nc2ccc(F)cc2)c(C)c1. The topological polar surface area (TPSA) is 79.5 Å². The number of amides is 3. The maximum Gasteiger partial charge on any atom is 0.319 e. The molecule has 3 N–H and O–H groups in total. The van der Waals surface area contributed by atoms with Gasteiger partial charge in [-0.15, -0.1) is 0 Å². The molecule has 0 aliphatic carbocycles. The first-order chi connectivity index (χ1) is 12.5. The zero-order valence-electron chi connectivity index (χ0n) is 14.5. The van der Waals surface area contributed by atoms with E-state index >= 15 is 0 Å². The second-order valence-corrected chi connectivity index (χ2v) is 6.16. The van der Waals surface area contributed by atoms with Crippen molar-refractivity contribution in [1.29, 1.82) is 0 Å². The molecule has 136 valence electrons. The Bertz CT molecular complexity index is 823. The number of methoxy groups -OCH3 is 1. The average molecular weight is 357 g/mol. The molecule has 0 aromatic heterocycles. The molecule has 1 fully saturated rings. The fraction of sp³-hybridized carbons (Fsp3) is 0.263. The lowest BCUT2D eigenvalue weighted by Gasteiger charge is -2.21. The standard InChI is InChI=1S/C19H20FN3O3/c1-11-9-14(26-2)7-8-15(11)16-10-21-18(24)17(16)23-19(25)22-13-5-3-12(20)4-6-13/h3-9,16-17H,10H2,1-2H3,(H,21,24)(H2,22,23,25). The van der Waals surface area contributed by atoms with Gasteiger partial charge in [0.25, 0.3) is 0 Å². The monoisotopic (exact) mass is 357 g/mol. The summed E-state index contributed by atoms with van der Waals surface area (Å²) in [5.41, 5.74) is 2.40. The van der Waals surface area contributed by atoms with Gasteiger partial charge in [-0.2, -0.15) is 0 Å². The number of carbonyl (C=O) groups is 2. The van der Waals surface area contributed by atoms with Crippen LogP contribution in [0.25, 0.3) is 0 Å². The summed E-state index contributed by atoms with van der Waals surface area (Å²) in [4.78, 5) is 24.4. The molecule has 2 aromatic rings. The number of halogens is 1. The molecule has 2 atom stereocenters. The van der Waals surface area contributed by atoms with Crippen molar-refractivity contribution in [2.75, 3.05) is 19.0 Å². The molecule has 7 heteroatoms. The van der Waals surface area contributed by atoms with Crippen LogP contribution in [0.15, 0.2) is 42.5 Å². The third-order valence-electron chi connectivity index (χ3n) is 4.45. The lowest BCUT2D eigenvalue weighted by Crippen LogP contribution is -2.44. The summed E-state index contributed by atoms with van der Waals surface area (Å²) in [6, 6.07) is 9.84. The zero-order chi connectivity index (χ0) is 18.7. The van der Waals surface area contributed by atoms with E-state index in [4.69, 9.17) is 4.74 Å². The van der Waals surface area contributed by atoms with Gasteiger partial charge in [0.1, 0.15) is 17.6 Å². The molecule has 26 heavy (non-hydrogen) atoms. The number of rotatable bonds is 4. The first-order valence-electron chi connectivity index (χ1n) is 8.23. The Morgan fingerprint density at radius 1 is 1.23 bits per heavy atom. The second kappa shape index (κ2) is 7.43. The number of urea groups is 1. The average Bonchev–Trinajstić information content (AvgIpc) is 2.97. The summed E-state index contributed by atoms with van der Waals surface area (Å²) >= 11 is 0. The Hall–Kier alpha value is -3.09. The number of aryl methyl sites for hydroxylation is 1. The van der Waals surface area contributed by atoms with Crippen LogP contribution in [0.2, 0.25) is 0 Å². The van der Waals surface area contributed by atoms with E-state index in [0.29, 0.717) is 12.2 Å². The normalized spacial score (nSPS) is 19.0. The second-order valence-electron chi connectivity index (χ2n) is 6.16. The molecule has 1 heterocycles. The van der Waals surface area contributed by atoms with E-state index in [1.807, 2.05) is 25.1 Å². The van der Waals surface area contributed by atoms with Crippen LogP contribution in [-0.4, -0.2) is 31.6 Å². The predicted octanol–water partition coefficient (Wildman–Crippen LogP) is 2.55. The molecule has 1 aliphatic heterocycles. The van der Waals surface area contributed by atoms with Crippen LogP contribution in [0.3, 0.4) is 0 Å². The van der Waals surface area contributed by atoms with Crippen molar-refractivity contribution in [3.63, 3.8) is 0 Å². The maximum atomic E-state index is 12.9. The summed E-state index contributed by atoms with van der Waals surface area (Å²) in [6.07, 6.45) is 0. The number of hydrogen-bond donors (Lipinski definition) is 3. The molecule has 0 bridgehead atoms. The van der Waals surface area contributed by atoms with Gasteiger partial charge in [0, 0.05) is 18.2 Å². The summed E-state index contributed by atoms with van der Waals surface area (Å²) < 4.78 is 18.2. The zero-order valence-corrected chi connectivity index (χ0v) is 14.5. The third kappa shape index (κ3) is 3.77. The van der Waals surface area contributed by atoms with E-state index in [1.54, 1.807) is 7.11 Å². The highest BCUT2D eigenvalue weighted by Gasteiger charge is 2.37. The van der Waals surface area contributed by atoms with E-state index < -0.39 is 12.1 Å². The number of anilines is 1. The summed E-state index contributed by atoms with van der Waals surface area (Å²) in [5.74, 6) is -0.0740. The van der Waals surface area contributed by atoms with Crippen LogP contribution in [0, 0.1) is 12.7 Å². The molecular weight excluding hydrogens is 337 g/mol. The molecule has 2 unspecified atom stereocenters. The first-order valence-corrected chi connectivity index (χ1v) is 8.23. The van der Waals surface area contributed by atoms with Crippen molar-refractivity contribution >= 4 is 17.6 Å². The van der Waals surface area contributed by atoms with Gasteiger partial charge in [-0.05, 0) is 54.4 Å². The smallest absolute Gasteiger partial charge is 0.319 e. The van der Waals surface area contributed by atoms with Gasteiger partial charge in [0.2, 0.25) is 5.91 Å². The van der Waals surface area contributed by atoms with Gasteiger partial charge in [-0.25, -0.2) is 9.18 Å². The number of nitrogens with one attached hydrogen (secondary N) is 3. The minimum atomic E-state index is -0.692. The highest BCUT2D eigenvalue weighted by atomic mass is 19.1. The highest BCUT2D eigenvalue weighted by Crippen LogP contribution is 2.29. The minimum absolute atomic E-state index is 0.188. The molecule has 0 radical (unpaired) electrons. The fourth-order valence-corrected chi connectivity index (χ4v) is 3.11. The summed E-state index contributed by atoms with van der Waals surface area (Å²) in [6.45, 7) is 2.38. The quantitative estimate of drug-likeness (QED) is 0.787. The van der Waals surface area contributed by atoms with E-state index in [9.17, 15) is 14.0 Å². The Morgan fingerprint density at radius 3 is 2.62 bits per heavy atom. The van der Waals surface area contributed by atoms with E-state index in [1.165, 1.54) is 24.3 Å². The highest BCUT2D eigenvalue weighted by molar-refractivity contribution is 5.95. The van der Waals surface area contributed by atoms with E-state index in [0.717, 1.165) is 16.9 Å². The van der Waals surface area contributed by atoms with Crippen LogP contribution in [0.1, 0.15) is 17.0 Å². The van der Waals surface area contributed by atoms with Gasteiger partial charge in [-0.1, -0.05) is 6.07 Å². The van der Waals surface area contributed by atoms with Crippen LogP contribution < -0.4 is 20.7 Å². The van der Waals surface area contributed by atoms with Crippen molar-refractivity contribution in [3.8, 4) is 5.75 Å². The number of hydrogen-bond acceptors (Lipinski definition) is 3. The van der Waals surface area contributed by atoms with Crippen molar-refractivity contribution in [2.24, 2.45) is 0 Å². The Balaban J connectivity index is 1.73. The molecule has 2 aromatic carbocycles. The Morgan fingerprint density at radius 2 is 1.96 bits per heavy atom. The van der Waals surface area contributed by atoms with Crippen LogP contribution >= 0.6 is 0 Å². The largest absolute Gasteiger partial charge is 0.497 e. The molecule has 1 saturated heterocycles. The van der Waals surface area contributed by atoms with E-state index in [2.05, 4.69) is 16.0 Å². The van der Waals surface area contributed by atoms with Gasteiger partial charge < -0.3 is 20.7 Å². The number of benzene rings is 2. The van der Waals surface area contributed by atoms with Gasteiger partial charge in [0.15, 0.2) is 0 Å². The lowest BCUT2D eigenvalue weighted by atomic mass is 9.90. The van der Waals surface area contributed by atoms with Crippen molar-refractivity contribution in [3.05, 3.63) is 59.4 Å². The van der Waals surface area contributed by atoms with Crippen LogP contribution in [0.5, 0.6) is 5.75 Å². The number of ether oxygens (including phenoxy) is 1. The lowest BCUT2D eigenvalue weighted by molar-refractivity contribution is -0.120. The summed E-state index contributed by atoms with van der Waals surface area (Å²) in [7, 11) is 1.60. The van der Waals surface area contributed by atoms with Gasteiger partial charge >= 0.3 is 6.03 Å². The van der Waals surface area contributed by atoms with Crippen LogP contribution in [0.4, 0.5) is 14.9 Å². The Labute approximate surface area is 150 Å². The molecule has 3 rings (SSSR count). The van der Waals surface area contributed by atoms with E-state index in [-0.39, 0.29) is 17.6 Å². The maximum absolute atomic E-state index is 12.9. The number of carbonyl (C=O) groups excluding carboxylic acids is 2. The van der Waals surface area contributed by atoms with Crippen molar-refractivity contribution < 1.29 is 18.7 Å². The van der Waals surface area contributed by atoms with Gasteiger partial charge in [-0.3, -0.25) is 4.79 Å². The minimum Gasteiger partial charge on any atom is -0.497 e. The molecule has 3 amide bonds. The summed E-state index contributed by atoms with van der Waals surface area (Å²) in [5, 5.41) is 8.10. The van der Waals surface area contributed by atoms with Crippen molar-refractivity contribution in [1.82, 2.24) is 10.6 Å². The fourth-order valence-electron chi connectivity index (χ4n) is 3.11. The molecule has 1 aliphatic rings. The predicted molar refractivity (Wildman–Crippen MR) is 95.8 cm³/mol. The van der Waals surface area contributed by atoms with Crippen molar-refractivity contribution in [2.45, 2.75) is 18.9 Å². The molecular formula is C19H20FN3O3. The van der Waals surface area contributed by atoms with Crippen LogP contribution in [-0.2, 0) is 4.79 Å². The third-order valence-corrected chi connectivity index (χ3v) is 4.45. The first kappa shape index (κ1) is 17.7. The Kier molecular flexibility index (Phi) is 5.06. The molecule has 0 saturated carbocycles. The molecule has 0 spiro atoms. The molecule has 6 nitrogen and oxygen atoms in total. The van der Waals surface area contributed by atoms with Gasteiger partial charge in [0.05, 0.1) is 7.11 Å².